The second kappa shape index (κ2) is 6.93. The molecule has 0 aliphatic carbocycles. The van der Waals surface area contributed by atoms with Crippen LogP contribution in [0.3, 0.4) is 0 Å². The number of morpholine rings is 1. The molecule has 1 aliphatic heterocycles. The van der Waals surface area contributed by atoms with Crippen molar-refractivity contribution in [1.29, 1.82) is 0 Å². The minimum atomic E-state index is -0.865. The predicted octanol–water partition coefficient (Wildman–Crippen LogP) is 1.87. The van der Waals surface area contributed by atoms with Gasteiger partial charge in [-0.05, 0) is 19.1 Å². The van der Waals surface area contributed by atoms with Gasteiger partial charge in [0.2, 0.25) is 0 Å². The Bertz CT molecular complexity index is 421. The standard InChI is InChI=1S/C14H19NO3S/c1-11-2-4-12(5-3-11)19-9-7-15-6-8-18-13(10-15)14(16)17/h2-5,13H,6-10H2,1H3,(H,16,17). The van der Waals surface area contributed by atoms with Crippen molar-refractivity contribution in [3.63, 3.8) is 0 Å². The number of nitrogens with zero attached hydrogens (tertiary/aromatic N) is 1. The Hall–Kier alpha value is -1.04. The van der Waals surface area contributed by atoms with Gasteiger partial charge >= 0.3 is 5.97 Å². The molecule has 4 nitrogen and oxygen atoms in total. The summed E-state index contributed by atoms with van der Waals surface area (Å²) in [5.41, 5.74) is 1.27. The molecule has 2 rings (SSSR count). The second-order valence-electron chi connectivity index (χ2n) is 4.66. The van der Waals surface area contributed by atoms with Crippen LogP contribution in [0.1, 0.15) is 5.56 Å². The van der Waals surface area contributed by atoms with Crippen LogP contribution >= 0.6 is 11.8 Å². The summed E-state index contributed by atoms with van der Waals surface area (Å²) in [6, 6.07) is 8.47. The summed E-state index contributed by atoms with van der Waals surface area (Å²) in [6.45, 7) is 4.79. The lowest BCUT2D eigenvalue weighted by atomic mass is 10.2. The number of benzene rings is 1. The van der Waals surface area contributed by atoms with Gasteiger partial charge in [0.1, 0.15) is 0 Å². The van der Waals surface area contributed by atoms with Gasteiger partial charge in [-0.2, -0.15) is 0 Å². The van der Waals surface area contributed by atoms with Gasteiger partial charge in [0.05, 0.1) is 6.61 Å². The Balaban J connectivity index is 1.73. The molecule has 0 aromatic heterocycles. The average Bonchev–Trinajstić information content (AvgIpc) is 2.41. The number of carboxylic acid groups (broad SMARTS) is 1. The normalized spacial score (nSPS) is 20.4. The highest BCUT2D eigenvalue weighted by Gasteiger charge is 2.25. The molecular weight excluding hydrogens is 262 g/mol. The largest absolute Gasteiger partial charge is 0.479 e. The summed E-state index contributed by atoms with van der Waals surface area (Å²) in [5, 5.41) is 8.93. The summed E-state index contributed by atoms with van der Waals surface area (Å²) in [6.07, 6.45) is -0.668. The third-order valence-corrected chi connectivity index (χ3v) is 4.12. The quantitative estimate of drug-likeness (QED) is 0.835. The van der Waals surface area contributed by atoms with Crippen LogP contribution < -0.4 is 0 Å². The van der Waals surface area contributed by atoms with Crippen LogP contribution in [0.2, 0.25) is 0 Å². The lowest BCUT2D eigenvalue weighted by molar-refractivity contribution is -0.155. The van der Waals surface area contributed by atoms with Crippen LogP contribution in [0.15, 0.2) is 29.2 Å². The van der Waals surface area contributed by atoms with E-state index < -0.39 is 12.1 Å². The Labute approximate surface area is 117 Å². The van der Waals surface area contributed by atoms with Crippen LogP contribution in [-0.4, -0.2) is 54.1 Å². The van der Waals surface area contributed by atoms with E-state index in [1.54, 1.807) is 11.8 Å². The predicted molar refractivity (Wildman–Crippen MR) is 75.7 cm³/mol. The van der Waals surface area contributed by atoms with Crippen LogP contribution in [0.25, 0.3) is 0 Å². The summed E-state index contributed by atoms with van der Waals surface area (Å²) in [5.74, 6) is 0.103. The summed E-state index contributed by atoms with van der Waals surface area (Å²) >= 11 is 1.80. The molecular formula is C14H19NO3S. The Morgan fingerprint density at radius 2 is 2.21 bits per heavy atom. The van der Waals surface area contributed by atoms with Crippen molar-refractivity contribution in [2.45, 2.75) is 17.9 Å². The molecule has 1 N–H and O–H groups in total. The highest BCUT2D eigenvalue weighted by Crippen LogP contribution is 2.18. The number of thioether (sulfide) groups is 1. The molecule has 1 aromatic rings. The topological polar surface area (TPSA) is 49.8 Å². The zero-order valence-electron chi connectivity index (χ0n) is 11.0. The monoisotopic (exact) mass is 281 g/mol. The van der Waals surface area contributed by atoms with E-state index in [-0.39, 0.29) is 0 Å². The van der Waals surface area contributed by atoms with Gasteiger partial charge in [-0.3, -0.25) is 4.90 Å². The van der Waals surface area contributed by atoms with Gasteiger partial charge in [0.25, 0.3) is 0 Å². The van der Waals surface area contributed by atoms with Crippen molar-refractivity contribution in [3.8, 4) is 0 Å². The first-order chi connectivity index (χ1) is 9.15. The second-order valence-corrected chi connectivity index (χ2v) is 5.83. The minimum Gasteiger partial charge on any atom is -0.479 e. The maximum atomic E-state index is 10.9. The lowest BCUT2D eigenvalue weighted by Gasteiger charge is -2.30. The summed E-state index contributed by atoms with van der Waals surface area (Å²) < 4.78 is 5.20. The van der Waals surface area contributed by atoms with Crippen LogP contribution in [-0.2, 0) is 9.53 Å². The molecule has 1 heterocycles. The molecule has 1 unspecified atom stereocenters. The number of aryl methyl sites for hydroxylation is 1. The van der Waals surface area contributed by atoms with E-state index in [1.165, 1.54) is 10.5 Å². The first kappa shape index (κ1) is 14.4. The third kappa shape index (κ3) is 4.53. The van der Waals surface area contributed by atoms with E-state index in [0.717, 1.165) is 18.8 Å². The molecule has 1 saturated heterocycles. The van der Waals surface area contributed by atoms with E-state index in [9.17, 15) is 4.79 Å². The Morgan fingerprint density at radius 1 is 1.47 bits per heavy atom. The van der Waals surface area contributed by atoms with Crippen molar-refractivity contribution < 1.29 is 14.6 Å². The van der Waals surface area contributed by atoms with Gasteiger partial charge in [0, 0.05) is 30.3 Å². The van der Waals surface area contributed by atoms with E-state index in [0.29, 0.717) is 13.2 Å². The molecule has 104 valence electrons. The molecule has 0 bridgehead atoms. The minimum absolute atomic E-state index is 0.490. The zero-order valence-corrected chi connectivity index (χ0v) is 11.9. The highest BCUT2D eigenvalue weighted by molar-refractivity contribution is 7.99. The molecule has 1 aromatic carbocycles. The van der Waals surface area contributed by atoms with Gasteiger partial charge < -0.3 is 9.84 Å². The number of ether oxygens (including phenoxy) is 1. The van der Waals surface area contributed by atoms with Gasteiger partial charge in [-0.1, -0.05) is 17.7 Å². The van der Waals surface area contributed by atoms with E-state index in [1.807, 2.05) is 0 Å². The maximum absolute atomic E-state index is 10.9. The molecule has 0 amide bonds. The zero-order chi connectivity index (χ0) is 13.7. The summed E-state index contributed by atoms with van der Waals surface area (Å²) in [4.78, 5) is 14.3. The first-order valence-electron chi connectivity index (χ1n) is 6.41. The number of aliphatic carboxylic acids is 1. The van der Waals surface area contributed by atoms with Gasteiger partial charge in [-0.25, -0.2) is 4.79 Å². The number of hydrogen-bond acceptors (Lipinski definition) is 4. The molecule has 1 fully saturated rings. The third-order valence-electron chi connectivity index (χ3n) is 3.12. The number of carboxylic acids is 1. The molecule has 0 radical (unpaired) electrons. The van der Waals surface area contributed by atoms with E-state index in [2.05, 4.69) is 36.1 Å². The molecule has 1 atom stereocenters. The molecule has 5 heteroatoms. The first-order valence-corrected chi connectivity index (χ1v) is 7.40. The van der Waals surface area contributed by atoms with Crippen molar-refractivity contribution in [2.24, 2.45) is 0 Å². The SMILES string of the molecule is Cc1ccc(SCCN2CCOC(C(=O)O)C2)cc1. The molecule has 0 saturated carbocycles. The highest BCUT2D eigenvalue weighted by atomic mass is 32.2. The fourth-order valence-electron chi connectivity index (χ4n) is 1.98. The lowest BCUT2D eigenvalue weighted by Crippen LogP contribution is -2.46. The summed E-state index contributed by atoms with van der Waals surface area (Å²) in [7, 11) is 0. The van der Waals surface area contributed by atoms with Crippen molar-refractivity contribution in [3.05, 3.63) is 29.8 Å². The van der Waals surface area contributed by atoms with E-state index >= 15 is 0 Å². The Kier molecular flexibility index (Phi) is 5.24. The maximum Gasteiger partial charge on any atom is 0.334 e. The van der Waals surface area contributed by atoms with Crippen molar-refractivity contribution >= 4 is 17.7 Å². The molecule has 19 heavy (non-hydrogen) atoms. The van der Waals surface area contributed by atoms with Gasteiger partial charge in [0.15, 0.2) is 6.10 Å². The smallest absolute Gasteiger partial charge is 0.334 e. The molecule has 0 spiro atoms. The number of carbonyl (C=O) groups is 1. The van der Waals surface area contributed by atoms with Crippen LogP contribution in [0, 0.1) is 6.92 Å². The molecule has 1 aliphatic rings. The van der Waals surface area contributed by atoms with Crippen molar-refractivity contribution in [1.82, 2.24) is 4.90 Å². The Morgan fingerprint density at radius 3 is 2.89 bits per heavy atom. The average molecular weight is 281 g/mol. The van der Waals surface area contributed by atoms with Crippen LogP contribution in [0.5, 0.6) is 0 Å². The fourth-order valence-corrected chi connectivity index (χ4v) is 2.90. The van der Waals surface area contributed by atoms with Crippen molar-refractivity contribution in [2.75, 3.05) is 32.0 Å². The van der Waals surface area contributed by atoms with E-state index in [4.69, 9.17) is 9.84 Å². The van der Waals surface area contributed by atoms with Crippen LogP contribution in [0.4, 0.5) is 0 Å². The fraction of sp³-hybridized carbons (Fsp3) is 0.500. The van der Waals surface area contributed by atoms with Gasteiger partial charge in [-0.15, -0.1) is 11.8 Å². The number of hydrogen-bond donors (Lipinski definition) is 1. The number of rotatable bonds is 5.